The third kappa shape index (κ3) is 3.10. The van der Waals surface area contributed by atoms with Gasteiger partial charge in [0.1, 0.15) is 0 Å². The highest BCUT2D eigenvalue weighted by Crippen LogP contribution is 2.34. The van der Waals surface area contributed by atoms with Crippen molar-refractivity contribution < 1.29 is 9.90 Å². The molecule has 0 unspecified atom stereocenters. The van der Waals surface area contributed by atoms with Crippen LogP contribution < -0.4 is 4.90 Å². The minimum atomic E-state index is -0.565. The van der Waals surface area contributed by atoms with E-state index in [1.54, 1.807) is 0 Å². The number of anilines is 1. The highest BCUT2D eigenvalue weighted by molar-refractivity contribution is 7.99. The number of likely N-dealkylation sites (tertiary alicyclic amines) is 1. The van der Waals surface area contributed by atoms with E-state index in [0.29, 0.717) is 19.6 Å². The molecule has 1 amide bonds. The van der Waals surface area contributed by atoms with E-state index < -0.39 is 5.60 Å². The predicted molar refractivity (Wildman–Crippen MR) is 85.8 cm³/mol. The molecular formula is C16H22N2O2S. The Bertz CT molecular complexity index is 529. The number of amides is 1. The van der Waals surface area contributed by atoms with Gasteiger partial charge in [-0.1, -0.05) is 25.5 Å². The van der Waals surface area contributed by atoms with Gasteiger partial charge in [0.25, 0.3) is 0 Å². The van der Waals surface area contributed by atoms with Gasteiger partial charge < -0.3 is 10.0 Å². The summed E-state index contributed by atoms with van der Waals surface area (Å²) in [6.45, 7) is 4.50. The molecule has 1 aromatic carbocycles. The maximum Gasteiger partial charge on any atom is 0.241 e. The number of thioether (sulfide) groups is 1. The van der Waals surface area contributed by atoms with Gasteiger partial charge >= 0.3 is 0 Å². The van der Waals surface area contributed by atoms with Crippen molar-refractivity contribution in [2.24, 2.45) is 0 Å². The lowest BCUT2D eigenvalue weighted by Crippen LogP contribution is -2.63. The predicted octanol–water partition coefficient (Wildman–Crippen LogP) is 1.97. The fourth-order valence-corrected chi connectivity index (χ4v) is 4.22. The van der Waals surface area contributed by atoms with E-state index in [9.17, 15) is 9.90 Å². The number of rotatable bonds is 4. The van der Waals surface area contributed by atoms with Crippen LogP contribution in [0, 0.1) is 0 Å². The van der Waals surface area contributed by atoms with E-state index >= 15 is 0 Å². The molecular weight excluding hydrogens is 284 g/mol. The number of carbonyl (C=O) groups excluding carboxylic acids is 1. The van der Waals surface area contributed by atoms with Gasteiger partial charge in [-0.15, -0.1) is 11.8 Å². The van der Waals surface area contributed by atoms with Crippen LogP contribution >= 0.6 is 11.8 Å². The lowest BCUT2D eigenvalue weighted by molar-refractivity contribution is -0.131. The van der Waals surface area contributed by atoms with Crippen LogP contribution in [0.2, 0.25) is 0 Å². The normalized spacial score (nSPS) is 20.8. The summed E-state index contributed by atoms with van der Waals surface area (Å²) in [5.41, 5.74) is 0.466. The van der Waals surface area contributed by atoms with Crippen LogP contribution in [0.5, 0.6) is 0 Å². The first-order valence-corrected chi connectivity index (χ1v) is 8.57. The van der Waals surface area contributed by atoms with Gasteiger partial charge in [-0.05, 0) is 18.6 Å². The molecule has 21 heavy (non-hydrogen) atoms. The Morgan fingerprint density at radius 1 is 1.38 bits per heavy atom. The van der Waals surface area contributed by atoms with Gasteiger partial charge in [-0.2, -0.15) is 0 Å². The average molecular weight is 306 g/mol. The third-order valence-electron chi connectivity index (χ3n) is 4.14. The molecule has 5 heteroatoms. The van der Waals surface area contributed by atoms with Crippen LogP contribution in [0.25, 0.3) is 0 Å². The Labute approximate surface area is 130 Å². The molecule has 0 saturated carbocycles. The van der Waals surface area contributed by atoms with Crippen molar-refractivity contribution in [2.45, 2.75) is 30.3 Å². The van der Waals surface area contributed by atoms with Gasteiger partial charge in [0.15, 0.2) is 0 Å². The van der Waals surface area contributed by atoms with Crippen LogP contribution in [0.3, 0.4) is 0 Å². The molecule has 0 radical (unpaired) electrons. The second-order valence-corrected chi connectivity index (χ2v) is 7.12. The first-order chi connectivity index (χ1) is 10.1. The van der Waals surface area contributed by atoms with E-state index in [4.69, 9.17) is 0 Å². The van der Waals surface area contributed by atoms with Crippen molar-refractivity contribution in [1.82, 2.24) is 4.90 Å². The number of benzene rings is 1. The Morgan fingerprint density at radius 2 is 2.14 bits per heavy atom. The number of para-hydroxylation sites is 1. The molecule has 0 aliphatic carbocycles. The van der Waals surface area contributed by atoms with Crippen LogP contribution in [0.1, 0.15) is 19.8 Å². The van der Waals surface area contributed by atoms with Crippen molar-refractivity contribution in [3.63, 3.8) is 0 Å². The van der Waals surface area contributed by atoms with E-state index in [1.165, 1.54) is 4.90 Å². The van der Waals surface area contributed by atoms with E-state index in [-0.39, 0.29) is 5.91 Å². The maximum atomic E-state index is 12.5. The molecule has 4 nitrogen and oxygen atoms in total. The van der Waals surface area contributed by atoms with Crippen molar-refractivity contribution in [1.29, 1.82) is 0 Å². The molecule has 3 rings (SSSR count). The van der Waals surface area contributed by atoms with Crippen LogP contribution in [-0.4, -0.2) is 53.4 Å². The molecule has 0 aromatic heterocycles. The van der Waals surface area contributed by atoms with Gasteiger partial charge in [-0.25, -0.2) is 0 Å². The van der Waals surface area contributed by atoms with E-state index in [0.717, 1.165) is 30.8 Å². The zero-order valence-corrected chi connectivity index (χ0v) is 13.2. The fourth-order valence-electron chi connectivity index (χ4n) is 3.23. The second kappa shape index (κ2) is 5.99. The van der Waals surface area contributed by atoms with Crippen LogP contribution in [0.15, 0.2) is 29.2 Å². The molecule has 1 fully saturated rings. The first kappa shape index (κ1) is 14.9. The number of aliphatic hydroxyl groups is 1. The number of nitrogens with zero attached hydrogens (tertiary/aromatic N) is 2. The topological polar surface area (TPSA) is 43.8 Å². The highest BCUT2D eigenvalue weighted by Gasteiger charge is 2.41. The Hall–Kier alpha value is -1.04. The molecule has 0 spiro atoms. The monoisotopic (exact) mass is 306 g/mol. The summed E-state index contributed by atoms with van der Waals surface area (Å²) >= 11 is 1.81. The Kier molecular flexibility index (Phi) is 4.24. The molecule has 2 aliphatic rings. The largest absolute Gasteiger partial charge is 0.387 e. The molecule has 1 N–H and O–H groups in total. The minimum absolute atomic E-state index is 0.140. The van der Waals surface area contributed by atoms with Crippen molar-refractivity contribution in [2.75, 3.05) is 36.8 Å². The Balaban J connectivity index is 1.61. The van der Waals surface area contributed by atoms with Crippen molar-refractivity contribution in [3.8, 4) is 0 Å². The lowest BCUT2D eigenvalue weighted by atomic mass is 9.89. The summed E-state index contributed by atoms with van der Waals surface area (Å²) in [4.78, 5) is 17.6. The standard InChI is InChI=1S/C16H22N2O2S/c1-2-7-16(20)11-17(12-16)10-15(19)18-8-9-21-14-6-4-3-5-13(14)18/h3-6,20H,2,7-12H2,1H3. The van der Waals surface area contributed by atoms with E-state index in [1.807, 2.05) is 39.8 Å². The molecule has 2 heterocycles. The average Bonchev–Trinajstić information content (AvgIpc) is 2.45. The van der Waals surface area contributed by atoms with Gasteiger partial charge in [-0.3, -0.25) is 9.69 Å². The summed E-state index contributed by atoms with van der Waals surface area (Å²) < 4.78 is 0. The minimum Gasteiger partial charge on any atom is -0.387 e. The van der Waals surface area contributed by atoms with Crippen molar-refractivity contribution >= 4 is 23.4 Å². The molecule has 2 aliphatic heterocycles. The fraction of sp³-hybridized carbons (Fsp3) is 0.562. The Morgan fingerprint density at radius 3 is 2.90 bits per heavy atom. The lowest BCUT2D eigenvalue weighted by Gasteiger charge is -2.46. The third-order valence-corrected chi connectivity index (χ3v) is 5.18. The quantitative estimate of drug-likeness (QED) is 0.924. The SMILES string of the molecule is CCCC1(O)CN(CC(=O)N2CCSc3ccccc32)C1. The number of fused-ring (bicyclic) bond motifs is 1. The van der Waals surface area contributed by atoms with E-state index in [2.05, 4.69) is 13.0 Å². The number of β-amino-alcohol motifs (C(OH)–C–C–N with tert-alkyl or cyclic N) is 1. The van der Waals surface area contributed by atoms with Crippen molar-refractivity contribution in [3.05, 3.63) is 24.3 Å². The number of hydrogen-bond donors (Lipinski definition) is 1. The summed E-state index contributed by atoms with van der Waals surface area (Å²) in [7, 11) is 0. The zero-order chi connectivity index (χ0) is 14.9. The number of carbonyl (C=O) groups is 1. The van der Waals surface area contributed by atoms with Crippen LogP contribution in [0.4, 0.5) is 5.69 Å². The first-order valence-electron chi connectivity index (χ1n) is 7.58. The van der Waals surface area contributed by atoms with Gasteiger partial charge in [0, 0.05) is 30.3 Å². The summed E-state index contributed by atoms with van der Waals surface area (Å²) in [5, 5.41) is 10.2. The number of hydrogen-bond acceptors (Lipinski definition) is 4. The van der Waals surface area contributed by atoms with Gasteiger partial charge in [0.05, 0.1) is 17.8 Å². The molecule has 1 aromatic rings. The maximum absolute atomic E-state index is 12.5. The molecule has 114 valence electrons. The highest BCUT2D eigenvalue weighted by atomic mass is 32.2. The second-order valence-electron chi connectivity index (χ2n) is 5.98. The van der Waals surface area contributed by atoms with Gasteiger partial charge in [0.2, 0.25) is 5.91 Å². The zero-order valence-electron chi connectivity index (χ0n) is 12.4. The summed E-state index contributed by atoms with van der Waals surface area (Å²) in [6, 6.07) is 8.08. The molecule has 0 bridgehead atoms. The molecule has 0 atom stereocenters. The smallest absolute Gasteiger partial charge is 0.241 e. The van der Waals surface area contributed by atoms with Crippen LogP contribution in [-0.2, 0) is 4.79 Å². The molecule has 1 saturated heterocycles. The summed E-state index contributed by atoms with van der Waals surface area (Å²) in [6.07, 6.45) is 1.80. The summed E-state index contributed by atoms with van der Waals surface area (Å²) in [5.74, 6) is 1.09.